The van der Waals surface area contributed by atoms with E-state index in [4.69, 9.17) is 40.2 Å². The maximum absolute atomic E-state index is 11.6. The number of hydrogen-bond donors (Lipinski definition) is 1. The molecule has 3 saturated carbocycles. The van der Waals surface area contributed by atoms with Crippen LogP contribution in [-0.4, -0.2) is 71.1 Å². The molecular formula is C28H40NO7PS. The summed E-state index contributed by atoms with van der Waals surface area (Å²) in [6, 6.07) is 10.2. The molecule has 1 aromatic carbocycles. The maximum atomic E-state index is 11.6. The van der Waals surface area contributed by atoms with Crippen molar-refractivity contribution in [2.45, 2.75) is 131 Å². The van der Waals surface area contributed by atoms with Crippen molar-refractivity contribution >= 4 is 19.3 Å². The van der Waals surface area contributed by atoms with Crippen LogP contribution in [0.5, 0.6) is 0 Å². The van der Waals surface area contributed by atoms with Crippen LogP contribution in [0.15, 0.2) is 30.3 Å². The number of fused-ring (bicyclic) bond motifs is 2. The van der Waals surface area contributed by atoms with E-state index in [2.05, 4.69) is 23.7 Å². The molecule has 7 rings (SSSR count). The van der Waals surface area contributed by atoms with Gasteiger partial charge in [0, 0.05) is 32.7 Å². The van der Waals surface area contributed by atoms with Crippen molar-refractivity contribution in [2.24, 2.45) is 0 Å². The minimum atomic E-state index is -2.92. The van der Waals surface area contributed by atoms with Gasteiger partial charge in [-0.2, -0.15) is 0 Å². The Balaban J connectivity index is 1.21. The van der Waals surface area contributed by atoms with E-state index < -0.39 is 55.3 Å². The van der Waals surface area contributed by atoms with Crippen LogP contribution in [0.25, 0.3) is 0 Å². The molecule has 1 aromatic rings. The van der Waals surface area contributed by atoms with E-state index in [1.54, 1.807) is 0 Å². The molecule has 9 atom stereocenters. The second-order valence-electron chi connectivity index (χ2n) is 12.1. The zero-order chi connectivity index (χ0) is 26.1. The SMILES string of the molecule is C[C@@H]1[C@H](c2ccccc2)O[P+]([S-])(OC2[C@@H]3OC4(CCCCC4)O[C@@H]3C(O)[C@@H]3OC4(CCCCC4)O[C@@H]23)N1C. The molecule has 3 unspecified atom stereocenters. The van der Waals surface area contributed by atoms with Gasteiger partial charge in [-0.1, -0.05) is 43.2 Å². The fraction of sp³-hybridized carbons (Fsp3) is 0.786. The predicted molar refractivity (Wildman–Crippen MR) is 144 cm³/mol. The van der Waals surface area contributed by atoms with Crippen molar-refractivity contribution in [3.8, 4) is 0 Å². The van der Waals surface area contributed by atoms with E-state index in [0.717, 1.165) is 56.9 Å². The van der Waals surface area contributed by atoms with Gasteiger partial charge in [-0.05, 0) is 38.2 Å². The second-order valence-corrected chi connectivity index (χ2v) is 15.4. The van der Waals surface area contributed by atoms with E-state index in [-0.39, 0.29) is 12.1 Å². The lowest BCUT2D eigenvalue weighted by Gasteiger charge is -2.42. The normalized spacial score (nSPS) is 45.9. The minimum absolute atomic E-state index is 0.0416. The first kappa shape index (κ1) is 26.6. The van der Waals surface area contributed by atoms with E-state index in [1.807, 2.05) is 25.2 Å². The van der Waals surface area contributed by atoms with Crippen molar-refractivity contribution in [3.63, 3.8) is 0 Å². The minimum Gasteiger partial charge on any atom is -0.472 e. The molecule has 0 bridgehead atoms. The third kappa shape index (κ3) is 4.32. The van der Waals surface area contributed by atoms with E-state index in [0.29, 0.717) is 0 Å². The monoisotopic (exact) mass is 565 g/mol. The molecule has 1 N–H and O–H groups in total. The van der Waals surface area contributed by atoms with E-state index in [1.165, 1.54) is 12.8 Å². The Bertz CT molecular complexity index is 966. The molecular weight excluding hydrogens is 525 g/mol. The van der Waals surface area contributed by atoms with Gasteiger partial charge >= 0.3 is 0 Å². The highest BCUT2D eigenvalue weighted by atomic mass is 32.7. The van der Waals surface area contributed by atoms with Crippen LogP contribution in [-0.2, 0) is 40.2 Å². The molecule has 8 nitrogen and oxygen atoms in total. The number of ether oxygens (including phenoxy) is 4. The van der Waals surface area contributed by atoms with Crippen molar-refractivity contribution < 1.29 is 33.1 Å². The van der Waals surface area contributed by atoms with Gasteiger partial charge in [-0.3, -0.25) is 0 Å². The standard InChI is InChI=1S/C28H40NO7PS/c1-18-21(19-12-6-3-7-13-19)35-37(38,29(18)2)36-26-24-22(31-27(33-24)14-8-4-9-15-27)20(30)23-25(26)34-28(32-23)16-10-5-11-17-28/h3,6-7,12-13,18,20-26,30H,4-5,8-11,14-17H2,1-2H3/t18-,20?,21-,22-,23+,24-,25-,26?,37?/m1/s1. The summed E-state index contributed by atoms with van der Waals surface area (Å²) in [5.74, 6) is -1.38. The summed E-state index contributed by atoms with van der Waals surface area (Å²) in [7, 11) is -0.925. The van der Waals surface area contributed by atoms with Gasteiger partial charge in [-0.15, -0.1) is 4.67 Å². The number of nitrogens with zero attached hydrogens (tertiary/aromatic N) is 1. The average Bonchev–Trinajstić information content (AvgIpc) is 3.56. The number of aliphatic hydroxyl groups is 1. The molecule has 6 aliphatic rings. The smallest absolute Gasteiger partial charge is 0.233 e. The molecule has 2 spiro atoms. The van der Waals surface area contributed by atoms with Crippen LogP contribution in [0.2, 0.25) is 0 Å². The highest BCUT2D eigenvalue weighted by Crippen LogP contribution is 2.72. The summed E-state index contributed by atoms with van der Waals surface area (Å²) in [6.45, 7) is 2.13. The summed E-state index contributed by atoms with van der Waals surface area (Å²) in [6.07, 6.45) is 6.06. The number of hydrogen-bond acceptors (Lipinski definition) is 9. The Labute approximate surface area is 231 Å². The largest absolute Gasteiger partial charge is 0.472 e. The zero-order valence-corrected chi connectivity index (χ0v) is 24.0. The van der Waals surface area contributed by atoms with Crippen LogP contribution in [0, 0.1) is 0 Å². The summed E-state index contributed by atoms with van der Waals surface area (Å²) in [4.78, 5) is 0. The van der Waals surface area contributed by atoms with Crippen LogP contribution in [0.4, 0.5) is 0 Å². The Morgan fingerprint density at radius 3 is 1.87 bits per heavy atom. The quantitative estimate of drug-likeness (QED) is 0.405. The summed E-state index contributed by atoms with van der Waals surface area (Å²) in [5.41, 5.74) is 1.08. The van der Waals surface area contributed by atoms with Crippen LogP contribution in [0.1, 0.15) is 82.8 Å². The third-order valence-corrected chi connectivity index (χ3v) is 13.1. The number of aliphatic hydroxyl groups excluding tert-OH is 1. The first-order chi connectivity index (χ1) is 18.3. The first-order valence-electron chi connectivity index (χ1n) is 14.5. The molecule has 10 heteroatoms. The molecule has 38 heavy (non-hydrogen) atoms. The van der Waals surface area contributed by atoms with Crippen LogP contribution >= 0.6 is 7.07 Å². The van der Waals surface area contributed by atoms with Gasteiger partial charge in [0.05, 0.1) is 6.04 Å². The van der Waals surface area contributed by atoms with Crippen molar-refractivity contribution in [1.29, 1.82) is 0 Å². The van der Waals surface area contributed by atoms with Gasteiger partial charge < -0.3 is 36.3 Å². The second kappa shape index (κ2) is 9.90. The summed E-state index contributed by atoms with van der Waals surface area (Å²) in [5, 5.41) is 11.6. The van der Waals surface area contributed by atoms with Gasteiger partial charge in [0.25, 0.3) is 0 Å². The van der Waals surface area contributed by atoms with Crippen molar-refractivity contribution in [3.05, 3.63) is 35.9 Å². The average molecular weight is 566 g/mol. The third-order valence-electron chi connectivity index (χ3n) is 9.65. The first-order valence-corrected chi connectivity index (χ1v) is 17.1. The highest BCUT2D eigenvalue weighted by molar-refractivity contribution is 8.37. The van der Waals surface area contributed by atoms with Crippen molar-refractivity contribution in [1.82, 2.24) is 4.67 Å². The van der Waals surface area contributed by atoms with Gasteiger partial charge in [0.2, 0.25) is 7.07 Å². The van der Waals surface area contributed by atoms with E-state index in [9.17, 15) is 5.11 Å². The Morgan fingerprint density at radius 2 is 1.34 bits per heavy atom. The molecule has 3 aliphatic heterocycles. The number of likely N-dealkylation sites (N-methyl/N-ethyl adjacent to an activating group) is 1. The lowest BCUT2D eigenvalue weighted by atomic mass is 9.85. The predicted octanol–water partition coefficient (Wildman–Crippen LogP) is 4.95. The molecule has 0 radical (unpaired) electrons. The Kier molecular flexibility index (Phi) is 6.92. The lowest BCUT2D eigenvalue weighted by Crippen LogP contribution is -2.62. The number of rotatable bonds is 3. The lowest BCUT2D eigenvalue weighted by molar-refractivity contribution is -0.223. The van der Waals surface area contributed by atoms with Gasteiger partial charge in [0.1, 0.15) is 36.6 Å². The summed E-state index contributed by atoms with van der Waals surface area (Å²) < 4.78 is 42.3. The molecule has 3 saturated heterocycles. The molecule has 0 aromatic heterocycles. The van der Waals surface area contributed by atoms with Crippen LogP contribution in [0.3, 0.4) is 0 Å². The molecule has 6 fully saturated rings. The molecule has 3 heterocycles. The van der Waals surface area contributed by atoms with Gasteiger partial charge in [-0.25, -0.2) is 9.05 Å². The number of benzene rings is 1. The van der Waals surface area contributed by atoms with Crippen LogP contribution < -0.4 is 0 Å². The zero-order valence-electron chi connectivity index (χ0n) is 22.3. The van der Waals surface area contributed by atoms with E-state index >= 15 is 0 Å². The highest BCUT2D eigenvalue weighted by Gasteiger charge is 2.68. The fourth-order valence-corrected chi connectivity index (χ4v) is 10.5. The Morgan fingerprint density at radius 1 is 0.842 bits per heavy atom. The molecule has 210 valence electrons. The molecule has 0 amide bonds. The van der Waals surface area contributed by atoms with Crippen molar-refractivity contribution in [2.75, 3.05) is 7.05 Å². The van der Waals surface area contributed by atoms with Gasteiger partial charge in [0.15, 0.2) is 17.7 Å². The Hall–Kier alpha value is -0.320. The summed E-state index contributed by atoms with van der Waals surface area (Å²) >= 11 is 6.21. The fourth-order valence-electron chi connectivity index (χ4n) is 7.46. The molecule has 3 aliphatic carbocycles. The maximum Gasteiger partial charge on any atom is 0.233 e. The topological polar surface area (TPSA) is 78.9 Å².